The third-order valence-electron chi connectivity index (χ3n) is 2.59. The smallest absolute Gasteiger partial charge is 0.248 e. The number of rotatable bonds is 4. The predicted molar refractivity (Wildman–Crippen MR) is 80.4 cm³/mol. The van der Waals surface area contributed by atoms with Crippen LogP contribution in [0.3, 0.4) is 0 Å². The Morgan fingerprint density at radius 1 is 1.16 bits per heavy atom. The van der Waals surface area contributed by atoms with Crippen LogP contribution in [0.5, 0.6) is 0 Å². The van der Waals surface area contributed by atoms with E-state index in [9.17, 15) is 4.79 Å². The summed E-state index contributed by atoms with van der Waals surface area (Å²) < 4.78 is 0. The molecule has 2 rings (SSSR count). The number of nitrogens with two attached hydrogens (primary N) is 2. The van der Waals surface area contributed by atoms with Gasteiger partial charge in [0.1, 0.15) is 0 Å². The number of hydrogen-bond donors (Lipinski definition) is 2. The van der Waals surface area contributed by atoms with E-state index in [4.69, 9.17) is 23.1 Å². The van der Waals surface area contributed by atoms with Gasteiger partial charge in [-0.15, -0.1) is 11.8 Å². The molecule has 5 heteroatoms. The number of thioether (sulfide) groups is 1. The van der Waals surface area contributed by atoms with Gasteiger partial charge in [0.15, 0.2) is 0 Å². The molecule has 0 bridgehead atoms. The maximum Gasteiger partial charge on any atom is 0.248 e. The molecule has 98 valence electrons. The largest absolute Gasteiger partial charge is 0.399 e. The number of hydrogen-bond acceptors (Lipinski definition) is 3. The minimum Gasteiger partial charge on any atom is -0.399 e. The molecule has 0 atom stereocenters. The van der Waals surface area contributed by atoms with Crippen LogP contribution in [0.25, 0.3) is 0 Å². The first-order chi connectivity index (χ1) is 9.06. The molecule has 3 nitrogen and oxygen atoms in total. The number of anilines is 1. The van der Waals surface area contributed by atoms with E-state index in [1.165, 1.54) is 0 Å². The van der Waals surface area contributed by atoms with E-state index >= 15 is 0 Å². The molecule has 0 heterocycles. The van der Waals surface area contributed by atoms with E-state index in [-0.39, 0.29) is 0 Å². The zero-order valence-corrected chi connectivity index (χ0v) is 11.7. The number of carbonyl (C=O) groups is 1. The molecule has 2 aromatic rings. The van der Waals surface area contributed by atoms with Crippen LogP contribution < -0.4 is 11.5 Å². The molecule has 1 amide bonds. The van der Waals surface area contributed by atoms with Gasteiger partial charge in [-0.1, -0.05) is 23.7 Å². The lowest BCUT2D eigenvalue weighted by molar-refractivity contribution is 0.100. The van der Waals surface area contributed by atoms with Crippen LogP contribution in [0, 0.1) is 0 Å². The maximum absolute atomic E-state index is 11.0. The minimum absolute atomic E-state index is 0.418. The van der Waals surface area contributed by atoms with E-state index < -0.39 is 5.91 Å². The van der Waals surface area contributed by atoms with Gasteiger partial charge in [-0.25, -0.2) is 0 Å². The fourth-order valence-electron chi connectivity index (χ4n) is 1.56. The lowest BCUT2D eigenvalue weighted by Crippen LogP contribution is -2.10. The molecule has 0 unspecified atom stereocenters. The van der Waals surface area contributed by atoms with Gasteiger partial charge in [0, 0.05) is 21.9 Å². The molecule has 19 heavy (non-hydrogen) atoms. The van der Waals surface area contributed by atoms with Gasteiger partial charge < -0.3 is 11.5 Å². The van der Waals surface area contributed by atoms with E-state index in [0.717, 1.165) is 16.2 Å². The highest BCUT2D eigenvalue weighted by molar-refractivity contribution is 7.98. The summed E-state index contributed by atoms with van der Waals surface area (Å²) >= 11 is 7.69. The van der Waals surface area contributed by atoms with Crippen LogP contribution in [0.1, 0.15) is 15.9 Å². The molecular weight excluding hydrogens is 280 g/mol. The second-order valence-corrected chi connectivity index (χ2v) is 5.46. The molecule has 0 saturated carbocycles. The molecule has 0 aliphatic carbocycles. The Morgan fingerprint density at radius 3 is 2.47 bits per heavy atom. The molecule has 0 aromatic heterocycles. The van der Waals surface area contributed by atoms with Crippen molar-refractivity contribution in [2.24, 2.45) is 5.73 Å². The number of carbonyl (C=O) groups excluding carboxylic acids is 1. The maximum atomic E-state index is 11.0. The molecule has 2 aromatic carbocycles. The summed E-state index contributed by atoms with van der Waals surface area (Å²) in [4.78, 5) is 11.9. The van der Waals surface area contributed by atoms with Crippen LogP contribution in [-0.2, 0) is 5.75 Å². The molecule has 0 aliphatic rings. The Bertz CT molecular complexity index is 599. The Balaban J connectivity index is 2.06. The number of nitrogen functional groups attached to an aromatic ring is 1. The van der Waals surface area contributed by atoms with Crippen LogP contribution in [0.15, 0.2) is 47.4 Å². The topological polar surface area (TPSA) is 69.1 Å². The summed E-state index contributed by atoms with van der Waals surface area (Å²) in [7, 11) is 0. The van der Waals surface area contributed by atoms with Crippen molar-refractivity contribution in [1.82, 2.24) is 0 Å². The monoisotopic (exact) mass is 292 g/mol. The first-order valence-electron chi connectivity index (χ1n) is 5.63. The molecule has 4 N–H and O–H groups in total. The summed E-state index contributed by atoms with van der Waals surface area (Å²) in [5, 5.41) is 0.688. The quantitative estimate of drug-likeness (QED) is 0.671. The first-order valence-corrected chi connectivity index (χ1v) is 6.99. The fraction of sp³-hybridized carbons (Fsp3) is 0.0714. The lowest BCUT2D eigenvalue weighted by Gasteiger charge is -2.06. The molecule has 0 radical (unpaired) electrons. The summed E-state index contributed by atoms with van der Waals surface area (Å²) in [6.45, 7) is 0. The molecule has 0 aliphatic heterocycles. The van der Waals surface area contributed by atoms with Gasteiger partial charge in [-0.2, -0.15) is 0 Å². The van der Waals surface area contributed by atoms with Crippen LogP contribution >= 0.6 is 23.4 Å². The van der Waals surface area contributed by atoms with Crippen molar-refractivity contribution >= 4 is 35.0 Å². The second-order valence-electron chi connectivity index (χ2n) is 4.04. The Hall–Kier alpha value is -1.65. The van der Waals surface area contributed by atoms with Crippen molar-refractivity contribution in [3.8, 4) is 0 Å². The highest BCUT2D eigenvalue weighted by Gasteiger charge is 2.04. The van der Waals surface area contributed by atoms with Gasteiger partial charge in [-0.05, 0) is 35.9 Å². The molecule has 0 spiro atoms. The van der Waals surface area contributed by atoms with Crippen molar-refractivity contribution < 1.29 is 4.79 Å². The summed E-state index contributed by atoms with van der Waals surface area (Å²) in [5.41, 5.74) is 13.2. The van der Waals surface area contributed by atoms with Crippen LogP contribution in [-0.4, -0.2) is 5.91 Å². The van der Waals surface area contributed by atoms with Crippen LogP contribution in [0.2, 0.25) is 5.02 Å². The highest BCUT2D eigenvalue weighted by Crippen LogP contribution is 2.31. The van der Waals surface area contributed by atoms with Crippen molar-refractivity contribution in [1.29, 1.82) is 0 Å². The molecular formula is C14H13ClN2OS. The SMILES string of the molecule is NC(=O)c1ccc(CSc2cc(N)ccc2Cl)cc1. The normalized spacial score (nSPS) is 10.4. The van der Waals surface area contributed by atoms with Crippen molar-refractivity contribution in [2.45, 2.75) is 10.6 Å². The van der Waals surface area contributed by atoms with E-state index in [0.29, 0.717) is 16.3 Å². The standard InChI is InChI=1S/C14H13ClN2OS/c15-12-6-5-11(16)7-13(12)19-8-9-1-3-10(4-2-9)14(17)18/h1-7H,8,16H2,(H2,17,18). The average molecular weight is 293 g/mol. The zero-order valence-electron chi connectivity index (χ0n) is 10.1. The lowest BCUT2D eigenvalue weighted by atomic mass is 10.1. The second kappa shape index (κ2) is 5.99. The predicted octanol–water partition coefficient (Wildman–Crippen LogP) is 3.31. The van der Waals surface area contributed by atoms with Crippen molar-refractivity contribution in [3.63, 3.8) is 0 Å². The average Bonchev–Trinajstić information content (AvgIpc) is 2.40. The van der Waals surface area contributed by atoms with Gasteiger partial charge in [0.05, 0.1) is 5.02 Å². The van der Waals surface area contributed by atoms with Gasteiger partial charge in [0.2, 0.25) is 5.91 Å². The van der Waals surface area contributed by atoms with Crippen molar-refractivity contribution in [3.05, 3.63) is 58.6 Å². The molecule has 0 fully saturated rings. The summed E-state index contributed by atoms with van der Waals surface area (Å²) in [6.07, 6.45) is 0. The minimum atomic E-state index is -0.418. The molecule has 0 saturated heterocycles. The Labute approximate surface area is 120 Å². The summed E-state index contributed by atoms with van der Waals surface area (Å²) in [5.74, 6) is 0.334. The van der Waals surface area contributed by atoms with E-state index in [1.807, 2.05) is 18.2 Å². The highest BCUT2D eigenvalue weighted by atomic mass is 35.5. The van der Waals surface area contributed by atoms with Gasteiger partial charge >= 0.3 is 0 Å². The fourth-order valence-corrected chi connectivity index (χ4v) is 2.78. The summed E-state index contributed by atoms with van der Waals surface area (Å²) in [6, 6.07) is 12.6. The number of amides is 1. The number of primary amides is 1. The number of halogens is 1. The van der Waals surface area contributed by atoms with Crippen molar-refractivity contribution in [2.75, 3.05) is 5.73 Å². The Morgan fingerprint density at radius 2 is 1.84 bits per heavy atom. The van der Waals surface area contributed by atoms with Gasteiger partial charge in [-0.3, -0.25) is 4.79 Å². The third kappa shape index (κ3) is 3.66. The Kier molecular flexibility index (Phi) is 4.35. The van der Waals surface area contributed by atoms with E-state index in [1.54, 1.807) is 36.0 Å². The first kappa shape index (κ1) is 13.8. The van der Waals surface area contributed by atoms with Crippen LogP contribution in [0.4, 0.5) is 5.69 Å². The zero-order chi connectivity index (χ0) is 13.8. The van der Waals surface area contributed by atoms with E-state index in [2.05, 4.69) is 0 Å². The van der Waals surface area contributed by atoms with Gasteiger partial charge in [0.25, 0.3) is 0 Å². The third-order valence-corrected chi connectivity index (χ3v) is 4.16. The number of benzene rings is 2.